The number of morpholine rings is 1. The molecular weight excluding hydrogens is 238 g/mol. The van der Waals surface area contributed by atoms with Gasteiger partial charge in [0.15, 0.2) is 5.78 Å². The second-order valence-electron chi connectivity index (χ2n) is 4.87. The molecule has 1 saturated heterocycles. The van der Waals surface area contributed by atoms with E-state index < -0.39 is 0 Å². The van der Waals surface area contributed by atoms with E-state index in [-0.39, 0.29) is 5.78 Å². The first-order valence-electron chi connectivity index (χ1n) is 6.65. The molecule has 0 atom stereocenters. The van der Waals surface area contributed by atoms with Crippen molar-refractivity contribution in [1.29, 1.82) is 0 Å². The molecule has 98 valence electrons. The summed E-state index contributed by atoms with van der Waals surface area (Å²) in [4.78, 5) is 14.4. The Morgan fingerprint density at radius 2 is 1.79 bits per heavy atom. The molecule has 1 aliphatic rings. The van der Waals surface area contributed by atoms with Gasteiger partial charge in [-0.2, -0.15) is 0 Å². The number of hydrogen-bond donors (Lipinski definition) is 0. The van der Waals surface area contributed by atoms with E-state index in [2.05, 4.69) is 11.0 Å². The molecule has 0 aromatic heterocycles. The van der Waals surface area contributed by atoms with Crippen molar-refractivity contribution in [2.45, 2.75) is 0 Å². The van der Waals surface area contributed by atoms with Crippen molar-refractivity contribution in [3.8, 4) is 0 Å². The van der Waals surface area contributed by atoms with Gasteiger partial charge in [0, 0.05) is 18.7 Å². The number of ether oxygens (including phenoxy) is 1. The quantitative estimate of drug-likeness (QED) is 0.788. The number of benzene rings is 2. The number of carbonyl (C=O) groups excluding carboxylic acids is 1. The van der Waals surface area contributed by atoms with Gasteiger partial charge < -0.3 is 4.74 Å². The first-order valence-corrected chi connectivity index (χ1v) is 6.65. The van der Waals surface area contributed by atoms with Crippen molar-refractivity contribution in [2.24, 2.45) is 0 Å². The van der Waals surface area contributed by atoms with Crippen molar-refractivity contribution in [3.63, 3.8) is 0 Å². The number of carbonyl (C=O) groups is 1. The van der Waals surface area contributed by atoms with Crippen LogP contribution in [0.3, 0.4) is 0 Å². The van der Waals surface area contributed by atoms with E-state index in [1.54, 1.807) is 0 Å². The third-order valence-corrected chi connectivity index (χ3v) is 3.54. The Balaban J connectivity index is 1.77. The minimum Gasteiger partial charge on any atom is -0.379 e. The van der Waals surface area contributed by atoms with Crippen molar-refractivity contribution < 1.29 is 9.53 Å². The Kier molecular flexibility index (Phi) is 3.58. The SMILES string of the molecule is O=C(CN1CCOCC1)c1ccc2ccccc2c1. The molecule has 3 rings (SSSR count). The summed E-state index contributed by atoms with van der Waals surface area (Å²) in [6.45, 7) is 3.64. The standard InChI is InChI=1S/C16H17NO2/c18-16(12-17-7-9-19-10-8-17)15-6-5-13-3-1-2-4-14(13)11-15/h1-6,11H,7-10,12H2. The minimum atomic E-state index is 0.188. The lowest BCUT2D eigenvalue weighted by Gasteiger charge is -2.25. The van der Waals surface area contributed by atoms with Crippen molar-refractivity contribution >= 4 is 16.6 Å². The van der Waals surface area contributed by atoms with Crippen LogP contribution in [-0.2, 0) is 4.74 Å². The van der Waals surface area contributed by atoms with Crippen LogP contribution in [-0.4, -0.2) is 43.5 Å². The fourth-order valence-corrected chi connectivity index (χ4v) is 2.42. The lowest BCUT2D eigenvalue weighted by Crippen LogP contribution is -2.39. The van der Waals surface area contributed by atoms with Gasteiger partial charge in [0.1, 0.15) is 0 Å². The summed E-state index contributed by atoms with van der Waals surface area (Å²) in [5.74, 6) is 0.188. The van der Waals surface area contributed by atoms with Gasteiger partial charge in [-0.05, 0) is 16.8 Å². The average Bonchev–Trinajstić information content (AvgIpc) is 2.48. The van der Waals surface area contributed by atoms with Crippen LogP contribution in [0.1, 0.15) is 10.4 Å². The zero-order chi connectivity index (χ0) is 13.1. The molecule has 0 amide bonds. The summed E-state index contributed by atoms with van der Waals surface area (Å²) < 4.78 is 5.29. The molecule has 3 heteroatoms. The fraction of sp³-hybridized carbons (Fsp3) is 0.312. The summed E-state index contributed by atoms with van der Waals surface area (Å²) in [7, 11) is 0. The third-order valence-electron chi connectivity index (χ3n) is 3.54. The fourth-order valence-electron chi connectivity index (χ4n) is 2.42. The summed E-state index contributed by atoms with van der Waals surface area (Å²) in [5, 5.41) is 2.29. The molecule has 0 unspecified atom stereocenters. The molecule has 0 radical (unpaired) electrons. The molecule has 2 aromatic carbocycles. The van der Waals surface area contributed by atoms with E-state index in [4.69, 9.17) is 4.74 Å². The van der Waals surface area contributed by atoms with Gasteiger partial charge in [-0.15, -0.1) is 0 Å². The zero-order valence-electron chi connectivity index (χ0n) is 10.8. The zero-order valence-corrected chi connectivity index (χ0v) is 10.8. The predicted molar refractivity (Wildman–Crippen MR) is 75.5 cm³/mol. The maximum absolute atomic E-state index is 12.3. The smallest absolute Gasteiger partial charge is 0.176 e. The number of Topliss-reactive ketones (excluding diaryl/α,β-unsaturated/α-hetero) is 1. The van der Waals surface area contributed by atoms with Crippen LogP contribution in [0, 0.1) is 0 Å². The van der Waals surface area contributed by atoms with E-state index in [9.17, 15) is 4.79 Å². The van der Waals surface area contributed by atoms with Crippen LogP contribution < -0.4 is 0 Å². The van der Waals surface area contributed by atoms with E-state index in [1.807, 2.05) is 36.4 Å². The lowest BCUT2D eigenvalue weighted by atomic mass is 10.0. The predicted octanol–water partition coefficient (Wildman–Crippen LogP) is 2.35. The second-order valence-corrected chi connectivity index (χ2v) is 4.87. The Bertz CT molecular complexity index is 588. The highest BCUT2D eigenvalue weighted by Crippen LogP contribution is 2.16. The molecule has 2 aromatic rings. The van der Waals surface area contributed by atoms with Gasteiger partial charge in [0.05, 0.1) is 19.8 Å². The molecule has 1 heterocycles. The molecule has 0 bridgehead atoms. The van der Waals surface area contributed by atoms with E-state index in [1.165, 1.54) is 5.39 Å². The summed E-state index contributed by atoms with van der Waals surface area (Å²) in [5.41, 5.74) is 0.796. The summed E-state index contributed by atoms with van der Waals surface area (Å²) >= 11 is 0. The van der Waals surface area contributed by atoms with Crippen LogP contribution >= 0.6 is 0 Å². The summed E-state index contributed by atoms with van der Waals surface area (Å²) in [6.07, 6.45) is 0. The van der Waals surface area contributed by atoms with Gasteiger partial charge in [0.2, 0.25) is 0 Å². The van der Waals surface area contributed by atoms with Gasteiger partial charge >= 0.3 is 0 Å². The van der Waals surface area contributed by atoms with E-state index in [0.717, 1.165) is 37.3 Å². The Morgan fingerprint density at radius 3 is 2.58 bits per heavy atom. The molecule has 0 saturated carbocycles. The maximum atomic E-state index is 12.3. The monoisotopic (exact) mass is 255 g/mol. The van der Waals surface area contributed by atoms with Crippen molar-refractivity contribution in [3.05, 3.63) is 48.0 Å². The van der Waals surface area contributed by atoms with Gasteiger partial charge in [-0.1, -0.05) is 36.4 Å². The molecule has 3 nitrogen and oxygen atoms in total. The lowest BCUT2D eigenvalue weighted by molar-refractivity contribution is 0.0371. The second kappa shape index (κ2) is 5.51. The van der Waals surface area contributed by atoms with Crippen LogP contribution in [0.5, 0.6) is 0 Å². The normalized spacial score (nSPS) is 16.6. The molecule has 0 aliphatic carbocycles. The van der Waals surface area contributed by atoms with Gasteiger partial charge in [0.25, 0.3) is 0 Å². The summed E-state index contributed by atoms with van der Waals surface area (Å²) in [6, 6.07) is 14.0. The third kappa shape index (κ3) is 2.83. The Morgan fingerprint density at radius 1 is 1.05 bits per heavy atom. The highest BCUT2D eigenvalue weighted by Gasteiger charge is 2.15. The Labute approximate surface area is 112 Å². The van der Waals surface area contributed by atoms with E-state index in [0.29, 0.717) is 6.54 Å². The van der Waals surface area contributed by atoms with Crippen LogP contribution in [0.15, 0.2) is 42.5 Å². The van der Waals surface area contributed by atoms with Gasteiger partial charge in [-0.25, -0.2) is 0 Å². The Hall–Kier alpha value is -1.71. The number of rotatable bonds is 3. The topological polar surface area (TPSA) is 29.5 Å². The molecule has 0 N–H and O–H groups in total. The van der Waals surface area contributed by atoms with Crippen molar-refractivity contribution in [1.82, 2.24) is 4.90 Å². The van der Waals surface area contributed by atoms with E-state index >= 15 is 0 Å². The van der Waals surface area contributed by atoms with Crippen LogP contribution in [0.2, 0.25) is 0 Å². The maximum Gasteiger partial charge on any atom is 0.176 e. The number of nitrogens with zero attached hydrogens (tertiary/aromatic N) is 1. The number of ketones is 1. The number of hydrogen-bond acceptors (Lipinski definition) is 3. The first-order chi connectivity index (χ1) is 9.33. The molecule has 1 fully saturated rings. The first kappa shape index (κ1) is 12.3. The van der Waals surface area contributed by atoms with Crippen LogP contribution in [0.4, 0.5) is 0 Å². The van der Waals surface area contributed by atoms with Gasteiger partial charge in [-0.3, -0.25) is 9.69 Å². The van der Waals surface area contributed by atoms with Crippen LogP contribution in [0.25, 0.3) is 10.8 Å². The minimum absolute atomic E-state index is 0.188. The molecule has 19 heavy (non-hydrogen) atoms. The van der Waals surface area contributed by atoms with Crippen molar-refractivity contribution in [2.75, 3.05) is 32.8 Å². The molecular formula is C16H17NO2. The molecule has 0 spiro atoms. The average molecular weight is 255 g/mol. The highest BCUT2D eigenvalue weighted by molar-refractivity contribution is 6.01. The largest absolute Gasteiger partial charge is 0.379 e. The molecule has 1 aliphatic heterocycles. The highest BCUT2D eigenvalue weighted by atomic mass is 16.5. The number of fused-ring (bicyclic) bond motifs is 1.